The van der Waals surface area contributed by atoms with E-state index in [4.69, 9.17) is 9.97 Å². The largest absolute Gasteiger partial charge is 0.507 e. The number of carbonyl (C=O) groups is 2. The van der Waals surface area contributed by atoms with E-state index in [2.05, 4.69) is 46.3 Å². The van der Waals surface area contributed by atoms with Gasteiger partial charge in [0.05, 0.1) is 45.6 Å². The molecule has 5 aromatic heterocycles. The van der Waals surface area contributed by atoms with E-state index in [1.165, 1.54) is 10.6 Å². The van der Waals surface area contributed by atoms with Crippen molar-refractivity contribution < 1.29 is 19.8 Å². The summed E-state index contributed by atoms with van der Waals surface area (Å²) in [7, 11) is 0. The molecule has 17 heteroatoms. The lowest BCUT2D eigenvalue weighted by Gasteiger charge is -2.30. The van der Waals surface area contributed by atoms with Gasteiger partial charge in [-0.25, -0.2) is 19.6 Å². The first-order chi connectivity index (χ1) is 31.0. The van der Waals surface area contributed by atoms with E-state index in [0.29, 0.717) is 34.5 Å². The van der Waals surface area contributed by atoms with Gasteiger partial charge in [0.2, 0.25) is 17.8 Å². The van der Waals surface area contributed by atoms with Crippen LogP contribution in [0, 0.1) is 12.8 Å². The Kier molecular flexibility index (Phi) is 10.9. The number of nitrogens with zero attached hydrogens (tertiary/aromatic N) is 11. The molecule has 3 fully saturated rings. The number of aromatic hydroxyl groups is 1. The van der Waals surface area contributed by atoms with Crippen molar-refractivity contribution in [2.75, 3.05) is 24.5 Å². The number of β-amino-alcohol motifs (C(OH)–C–C–N with tert-alkyl or cyclic N) is 1. The number of hydrogen-bond acceptors (Lipinski definition) is 13. The molecule has 0 unspecified atom stereocenters. The SMILES string of the molecule is Cc1ncsc1-c1ccc([C@H](C)NC(=O)[C@@H]2C[C@@H](O)CN2C(=O)[C@H](C(C)C)n2cc(-c3cnc(N4CC[C@H](c5cc6nnc(-c7ccccc7O)cc6n5C5CC5)C4)nc3)nn2)cc1. The Labute approximate surface area is 374 Å². The molecule has 2 saturated heterocycles. The Balaban J connectivity index is 0.807. The number of aromatic nitrogens is 9. The highest BCUT2D eigenvalue weighted by Gasteiger charge is 2.43. The molecule has 3 N–H and O–H groups in total. The first-order valence-corrected chi connectivity index (χ1v) is 22.8. The molecule has 7 aromatic rings. The average molecular weight is 879 g/mol. The van der Waals surface area contributed by atoms with Crippen LogP contribution in [0.15, 0.2) is 84.8 Å². The standard InChI is InChI=1S/C47H50N12O4S/c1-26(2)43(46(63)57-23-34(60)17-41(57)45(62)51-27(3)29-9-11-30(12-10-29)44-28(4)50-25-64-44)58-24-38(54-55-58)32-20-48-47(49-21-32)56-16-15-31(22-56)39-19-37-40(59(39)33-13-14-33)18-36(52-53-37)35-7-5-6-8-42(35)61/h5-12,18-21,24-27,31,33-34,41,43,60-61H,13-17,22-23H2,1-4H3,(H,51,62)/t27-,31-,34+,41-,43-/m0/s1. The molecule has 1 aliphatic carbocycles. The quantitative estimate of drug-likeness (QED) is 0.119. The Morgan fingerprint density at radius 3 is 2.39 bits per heavy atom. The van der Waals surface area contributed by atoms with E-state index in [-0.39, 0.29) is 48.4 Å². The number of aliphatic hydroxyl groups excluding tert-OH is 1. The van der Waals surface area contributed by atoms with Gasteiger partial charge in [-0.15, -0.1) is 26.6 Å². The Morgan fingerprint density at radius 1 is 0.891 bits per heavy atom. The minimum Gasteiger partial charge on any atom is -0.507 e. The fourth-order valence-electron chi connectivity index (χ4n) is 9.33. The van der Waals surface area contributed by atoms with Crippen molar-refractivity contribution in [3.05, 3.63) is 102 Å². The molecule has 1 saturated carbocycles. The maximum absolute atomic E-state index is 14.3. The number of carbonyl (C=O) groups excluding carboxylic acids is 2. The molecule has 2 aliphatic heterocycles. The number of hydrogen-bond donors (Lipinski definition) is 3. The number of benzene rings is 2. The number of amides is 2. The highest BCUT2D eigenvalue weighted by Crippen LogP contribution is 2.44. The molecule has 16 nitrogen and oxygen atoms in total. The first-order valence-electron chi connectivity index (χ1n) is 22.0. The fraction of sp³-hybridized carbons (Fsp3) is 0.383. The molecule has 64 heavy (non-hydrogen) atoms. The zero-order valence-corrected chi connectivity index (χ0v) is 36.9. The molecular formula is C47H50N12O4S. The smallest absolute Gasteiger partial charge is 0.248 e. The zero-order chi connectivity index (χ0) is 44.2. The van der Waals surface area contributed by atoms with Gasteiger partial charge in [0.15, 0.2) is 0 Å². The van der Waals surface area contributed by atoms with Gasteiger partial charge in [-0.2, -0.15) is 0 Å². The summed E-state index contributed by atoms with van der Waals surface area (Å²) in [4.78, 5) is 46.8. The molecule has 5 atom stereocenters. The fourth-order valence-corrected chi connectivity index (χ4v) is 10.1. The van der Waals surface area contributed by atoms with Crippen molar-refractivity contribution in [1.82, 2.24) is 54.9 Å². The van der Waals surface area contributed by atoms with E-state index in [0.717, 1.165) is 65.1 Å². The number of nitrogens with one attached hydrogen (secondary N) is 1. The monoisotopic (exact) mass is 878 g/mol. The summed E-state index contributed by atoms with van der Waals surface area (Å²) in [6.45, 7) is 9.34. The second kappa shape index (κ2) is 16.8. The van der Waals surface area contributed by atoms with E-state index < -0.39 is 18.2 Å². The number of aliphatic hydroxyl groups is 1. The minimum atomic E-state index is -0.840. The van der Waals surface area contributed by atoms with Crippen LogP contribution < -0.4 is 10.2 Å². The predicted octanol–water partition coefficient (Wildman–Crippen LogP) is 6.65. The topological polar surface area (TPSA) is 193 Å². The van der Waals surface area contributed by atoms with Crippen molar-refractivity contribution in [1.29, 1.82) is 0 Å². The van der Waals surface area contributed by atoms with Gasteiger partial charge >= 0.3 is 0 Å². The van der Waals surface area contributed by atoms with E-state index >= 15 is 0 Å². The van der Waals surface area contributed by atoms with Gasteiger partial charge in [-0.3, -0.25) is 9.59 Å². The van der Waals surface area contributed by atoms with Crippen LogP contribution in [-0.2, 0) is 9.59 Å². The first kappa shape index (κ1) is 41.4. The predicted molar refractivity (Wildman–Crippen MR) is 242 cm³/mol. The molecule has 2 aromatic carbocycles. The summed E-state index contributed by atoms with van der Waals surface area (Å²) in [5.74, 6) is 0.231. The number of thiazole rings is 1. The van der Waals surface area contributed by atoms with Crippen LogP contribution >= 0.6 is 11.3 Å². The number of phenols is 1. The number of anilines is 1. The van der Waals surface area contributed by atoms with Crippen LogP contribution in [0.3, 0.4) is 0 Å². The Bertz CT molecular complexity index is 2830. The number of aryl methyl sites for hydroxylation is 1. The lowest BCUT2D eigenvalue weighted by atomic mass is 10.0. The number of rotatable bonds is 12. The summed E-state index contributed by atoms with van der Waals surface area (Å²) >= 11 is 1.59. The molecule has 10 rings (SSSR count). The van der Waals surface area contributed by atoms with Crippen LogP contribution in [-0.4, -0.2) is 103 Å². The van der Waals surface area contributed by atoms with Gasteiger partial charge in [0, 0.05) is 67.2 Å². The highest BCUT2D eigenvalue weighted by molar-refractivity contribution is 7.13. The minimum absolute atomic E-state index is 0.0448. The summed E-state index contributed by atoms with van der Waals surface area (Å²) in [6.07, 6.45) is 7.67. The maximum Gasteiger partial charge on any atom is 0.248 e. The third-order valence-corrected chi connectivity index (χ3v) is 13.8. The van der Waals surface area contributed by atoms with Crippen molar-refractivity contribution in [3.8, 4) is 38.7 Å². The summed E-state index contributed by atoms with van der Waals surface area (Å²) in [6, 6.07) is 18.0. The van der Waals surface area contributed by atoms with Gasteiger partial charge in [0.1, 0.15) is 29.0 Å². The van der Waals surface area contributed by atoms with E-state index in [1.807, 2.05) is 75.7 Å². The molecular weight excluding hydrogens is 829 g/mol. The van der Waals surface area contributed by atoms with Crippen LogP contribution in [0.5, 0.6) is 5.75 Å². The molecule has 0 bridgehead atoms. The second-order valence-corrected chi connectivity index (χ2v) is 18.5. The van der Waals surface area contributed by atoms with Crippen LogP contribution in [0.4, 0.5) is 5.95 Å². The zero-order valence-electron chi connectivity index (χ0n) is 36.1. The van der Waals surface area contributed by atoms with Crippen molar-refractivity contribution in [2.45, 2.75) is 89.6 Å². The summed E-state index contributed by atoms with van der Waals surface area (Å²) < 4.78 is 3.97. The van der Waals surface area contributed by atoms with Gasteiger partial charge < -0.3 is 29.9 Å². The molecule has 7 heterocycles. The molecule has 3 aliphatic rings. The maximum atomic E-state index is 14.3. The Morgan fingerprint density at radius 2 is 1.67 bits per heavy atom. The van der Waals surface area contributed by atoms with Gasteiger partial charge in [-0.1, -0.05) is 55.5 Å². The third-order valence-electron chi connectivity index (χ3n) is 12.9. The molecule has 0 spiro atoms. The summed E-state index contributed by atoms with van der Waals surface area (Å²) in [5, 5.41) is 42.2. The lowest BCUT2D eigenvalue weighted by Crippen LogP contribution is -2.49. The summed E-state index contributed by atoms with van der Waals surface area (Å²) in [5.41, 5.74) is 10.4. The van der Waals surface area contributed by atoms with Crippen LogP contribution in [0.1, 0.15) is 87.4 Å². The van der Waals surface area contributed by atoms with Crippen molar-refractivity contribution in [2.24, 2.45) is 5.92 Å². The number of likely N-dealkylation sites (tertiary alicyclic amines) is 1. The normalized spacial score (nSPS) is 19.8. The van der Waals surface area contributed by atoms with Gasteiger partial charge in [0.25, 0.3) is 0 Å². The average Bonchev–Trinajstić information content (AvgIpc) is 3.81. The van der Waals surface area contributed by atoms with Crippen LogP contribution in [0.2, 0.25) is 0 Å². The lowest BCUT2D eigenvalue weighted by molar-refractivity contribution is -0.142. The molecule has 2 amide bonds. The van der Waals surface area contributed by atoms with Crippen molar-refractivity contribution >= 4 is 40.1 Å². The number of para-hydroxylation sites is 1. The van der Waals surface area contributed by atoms with Crippen molar-refractivity contribution in [3.63, 3.8) is 0 Å². The highest BCUT2D eigenvalue weighted by atomic mass is 32.1. The molecule has 0 radical (unpaired) electrons. The van der Waals surface area contributed by atoms with E-state index in [9.17, 15) is 19.8 Å². The van der Waals surface area contributed by atoms with Gasteiger partial charge in [-0.05, 0) is 74.4 Å². The third kappa shape index (κ3) is 7.87. The molecule has 328 valence electrons. The van der Waals surface area contributed by atoms with E-state index in [1.54, 1.807) is 46.7 Å². The van der Waals surface area contributed by atoms with Crippen LogP contribution in [0.25, 0.3) is 44.0 Å². The Hall–Kier alpha value is -6.59. The second-order valence-electron chi connectivity index (χ2n) is 17.7. The number of fused-ring (bicyclic) bond motifs is 1. The number of phenolic OH excluding ortho intramolecular Hbond substituents is 1.